The van der Waals surface area contributed by atoms with E-state index in [0.717, 1.165) is 17.0 Å². The molecule has 0 aliphatic heterocycles. The largest absolute Gasteiger partial charge is 0.367 e. The van der Waals surface area contributed by atoms with E-state index in [1.165, 1.54) is 13.0 Å². The van der Waals surface area contributed by atoms with Crippen LogP contribution in [-0.4, -0.2) is 47.4 Å². The predicted octanol–water partition coefficient (Wildman–Crippen LogP) is 2.24. The van der Waals surface area contributed by atoms with Gasteiger partial charge in [0.1, 0.15) is 5.82 Å². The van der Waals surface area contributed by atoms with Crippen LogP contribution in [0.4, 0.5) is 11.5 Å². The molecule has 0 aliphatic rings. The smallest absolute Gasteiger partial charge is 0.240 e. The molecule has 11 heteroatoms. The van der Waals surface area contributed by atoms with E-state index >= 15 is 0 Å². The molecule has 170 valence electrons. The summed E-state index contributed by atoms with van der Waals surface area (Å²) in [5.74, 6) is 0.926. The quantitative estimate of drug-likeness (QED) is 0.442. The van der Waals surface area contributed by atoms with Crippen molar-refractivity contribution >= 4 is 27.4 Å². The Morgan fingerprint density at radius 2 is 1.78 bits per heavy atom. The summed E-state index contributed by atoms with van der Waals surface area (Å²) >= 11 is 0. The molecule has 3 rings (SSSR count). The Morgan fingerprint density at radius 1 is 1.03 bits per heavy atom. The van der Waals surface area contributed by atoms with Crippen LogP contribution in [-0.2, 0) is 14.8 Å². The molecule has 0 fully saturated rings. The van der Waals surface area contributed by atoms with Crippen molar-refractivity contribution in [2.45, 2.75) is 39.5 Å². The van der Waals surface area contributed by atoms with E-state index in [1.807, 2.05) is 20.8 Å². The number of anilines is 2. The Morgan fingerprint density at radius 3 is 2.34 bits per heavy atom. The zero-order valence-electron chi connectivity index (χ0n) is 18.7. The predicted molar refractivity (Wildman–Crippen MR) is 123 cm³/mol. The molecule has 0 unspecified atom stereocenters. The number of carbonyl (C=O) groups excluding carboxylic acids is 1. The van der Waals surface area contributed by atoms with Crippen LogP contribution in [0.2, 0.25) is 0 Å². The molecule has 0 aliphatic carbocycles. The van der Waals surface area contributed by atoms with Crippen LogP contribution in [0, 0.1) is 27.7 Å². The van der Waals surface area contributed by atoms with Gasteiger partial charge in [-0.05, 0) is 69.2 Å². The van der Waals surface area contributed by atoms with Gasteiger partial charge in [-0.1, -0.05) is 0 Å². The lowest BCUT2D eigenvalue weighted by Gasteiger charge is -2.12. The average Bonchev–Trinajstić information content (AvgIpc) is 2.98. The lowest BCUT2D eigenvalue weighted by molar-refractivity contribution is -0.114. The van der Waals surface area contributed by atoms with E-state index in [9.17, 15) is 13.2 Å². The van der Waals surface area contributed by atoms with Crippen LogP contribution >= 0.6 is 0 Å². The average molecular weight is 458 g/mol. The lowest BCUT2D eigenvalue weighted by Crippen LogP contribution is -2.29. The summed E-state index contributed by atoms with van der Waals surface area (Å²) < 4.78 is 29.5. The topological polar surface area (TPSA) is 131 Å². The third-order valence-corrected chi connectivity index (χ3v) is 6.65. The van der Waals surface area contributed by atoms with E-state index < -0.39 is 10.0 Å². The Labute approximate surface area is 187 Å². The molecule has 0 saturated heterocycles. The van der Waals surface area contributed by atoms with Crippen LogP contribution in [0.25, 0.3) is 5.82 Å². The number of rotatable bonds is 8. The third kappa shape index (κ3) is 5.29. The van der Waals surface area contributed by atoms with Crippen LogP contribution in [0.1, 0.15) is 29.4 Å². The highest BCUT2D eigenvalue weighted by atomic mass is 32.2. The van der Waals surface area contributed by atoms with Gasteiger partial charge < -0.3 is 10.6 Å². The molecule has 0 spiro atoms. The number of hydrogen-bond acceptors (Lipinski definition) is 7. The fourth-order valence-corrected chi connectivity index (χ4v) is 4.42. The minimum absolute atomic E-state index is 0.162. The molecule has 32 heavy (non-hydrogen) atoms. The van der Waals surface area contributed by atoms with Gasteiger partial charge in [0.25, 0.3) is 0 Å². The summed E-state index contributed by atoms with van der Waals surface area (Å²) in [5.41, 5.74) is 4.15. The van der Waals surface area contributed by atoms with Gasteiger partial charge in [-0.3, -0.25) is 4.79 Å². The van der Waals surface area contributed by atoms with E-state index in [2.05, 4.69) is 30.7 Å². The summed E-state index contributed by atoms with van der Waals surface area (Å²) in [7, 11) is -3.69. The zero-order valence-corrected chi connectivity index (χ0v) is 19.5. The van der Waals surface area contributed by atoms with Gasteiger partial charge in [0, 0.05) is 31.4 Å². The SMILES string of the molecule is CC(=O)Nc1ccc(S(=O)(=O)NCCNc2ccc(-n3nc(C)c(C)c3C)nn2)c(C)c1. The second-order valence-electron chi connectivity index (χ2n) is 7.47. The summed E-state index contributed by atoms with van der Waals surface area (Å²) in [4.78, 5) is 11.3. The molecule has 1 aromatic carbocycles. The summed E-state index contributed by atoms with van der Waals surface area (Å²) in [6, 6.07) is 8.23. The molecular formula is C21H27N7O3S. The molecule has 1 amide bonds. The van der Waals surface area contributed by atoms with Crippen molar-refractivity contribution in [2.75, 3.05) is 23.7 Å². The number of sulfonamides is 1. The molecule has 10 nitrogen and oxygen atoms in total. The Kier molecular flexibility index (Phi) is 6.90. The number of aryl methyl sites for hydroxylation is 2. The van der Waals surface area contributed by atoms with Gasteiger partial charge in [-0.15, -0.1) is 10.2 Å². The first kappa shape index (κ1) is 23.4. The number of nitrogens with zero attached hydrogens (tertiary/aromatic N) is 4. The molecule has 3 N–H and O–H groups in total. The maximum absolute atomic E-state index is 12.6. The normalized spacial score (nSPS) is 11.4. The van der Waals surface area contributed by atoms with E-state index in [-0.39, 0.29) is 17.3 Å². The second-order valence-corrected chi connectivity index (χ2v) is 9.21. The molecule has 0 atom stereocenters. The van der Waals surface area contributed by atoms with Crippen molar-refractivity contribution in [3.63, 3.8) is 0 Å². The van der Waals surface area contributed by atoms with E-state index in [0.29, 0.717) is 29.4 Å². The molecule has 0 saturated carbocycles. The number of carbonyl (C=O) groups is 1. The first-order chi connectivity index (χ1) is 15.1. The number of hydrogen-bond donors (Lipinski definition) is 3. The highest BCUT2D eigenvalue weighted by molar-refractivity contribution is 7.89. The number of aromatic nitrogens is 4. The molecule has 3 aromatic rings. The third-order valence-electron chi connectivity index (χ3n) is 5.03. The van der Waals surface area contributed by atoms with Crippen LogP contribution in [0.15, 0.2) is 35.2 Å². The van der Waals surface area contributed by atoms with Gasteiger partial charge in [-0.25, -0.2) is 17.8 Å². The molecule has 0 radical (unpaired) electrons. The Hall–Kier alpha value is -3.31. The Bertz CT molecular complexity index is 1240. The first-order valence-electron chi connectivity index (χ1n) is 10.1. The highest BCUT2D eigenvalue weighted by Gasteiger charge is 2.17. The van der Waals surface area contributed by atoms with Crippen molar-refractivity contribution in [2.24, 2.45) is 0 Å². The minimum Gasteiger partial charge on any atom is -0.367 e. The summed E-state index contributed by atoms with van der Waals surface area (Å²) in [6.07, 6.45) is 0. The number of amides is 1. The summed E-state index contributed by atoms with van der Waals surface area (Å²) in [6.45, 7) is 9.50. The van der Waals surface area contributed by atoms with Gasteiger partial charge in [0.05, 0.1) is 10.6 Å². The van der Waals surface area contributed by atoms with Gasteiger partial charge in [0.15, 0.2) is 5.82 Å². The van der Waals surface area contributed by atoms with Gasteiger partial charge >= 0.3 is 0 Å². The Balaban J connectivity index is 1.56. The zero-order chi connectivity index (χ0) is 23.5. The fraction of sp³-hybridized carbons (Fsp3) is 0.333. The fourth-order valence-electron chi connectivity index (χ4n) is 3.16. The van der Waals surface area contributed by atoms with Crippen molar-refractivity contribution in [3.8, 4) is 5.82 Å². The van der Waals surface area contributed by atoms with E-state index in [1.54, 1.807) is 35.9 Å². The highest BCUT2D eigenvalue weighted by Crippen LogP contribution is 2.19. The molecule has 0 bridgehead atoms. The maximum Gasteiger partial charge on any atom is 0.240 e. The van der Waals surface area contributed by atoms with Crippen LogP contribution in [0.3, 0.4) is 0 Å². The first-order valence-corrected chi connectivity index (χ1v) is 11.6. The van der Waals surface area contributed by atoms with Crippen molar-refractivity contribution in [1.82, 2.24) is 24.7 Å². The molecule has 2 heterocycles. The monoisotopic (exact) mass is 457 g/mol. The van der Waals surface area contributed by atoms with Crippen molar-refractivity contribution in [1.29, 1.82) is 0 Å². The number of benzene rings is 1. The van der Waals surface area contributed by atoms with Gasteiger partial charge in [0.2, 0.25) is 15.9 Å². The minimum atomic E-state index is -3.69. The van der Waals surface area contributed by atoms with E-state index in [4.69, 9.17) is 0 Å². The van der Waals surface area contributed by atoms with Crippen LogP contribution in [0.5, 0.6) is 0 Å². The second kappa shape index (κ2) is 9.45. The lowest BCUT2D eigenvalue weighted by atomic mass is 10.2. The maximum atomic E-state index is 12.6. The summed E-state index contributed by atoms with van der Waals surface area (Å²) in [5, 5.41) is 18.5. The standard InChI is InChI=1S/C21H27N7O3S/c1-13-12-18(24-17(5)29)6-7-19(13)32(30,31)23-11-10-22-20-8-9-21(26-25-20)28-16(4)14(2)15(3)27-28/h6-9,12,23H,10-11H2,1-5H3,(H,22,25)(H,24,29). The molecular weight excluding hydrogens is 430 g/mol. The molecule has 2 aromatic heterocycles. The van der Waals surface area contributed by atoms with Gasteiger partial charge in [-0.2, -0.15) is 5.10 Å². The van der Waals surface area contributed by atoms with Crippen molar-refractivity contribution < 1.29 is 13.2 Å². The van der Waals surface area contributed by atoms with Crippen molar-refractivity contribution in [3.05, 3.63) is 52.8 Å². The number of nitrogens with one attached hydrogen (secondary N) is 3. The van der Waals surface area contributed by atoms with Crippen LogP contribution < -0.4 is 15.4 Å².